The van der Waals surface area contributed by atoms with Crippen molar-refractivity contribution in [3.63, 3.8) is 0 Å². The molecule has 0 aromatic heterocycles. The van der Waals surface area contributed by atoms with Gasteiger partial charge in [0.05, 0.1) is 12.4 Å². The standard InChI is InChI=1S/C28H36N2/c1-3-5-6-8-24-9-11-25(12-10-24)21-29-30-22-26-15-19-28(20-16-26)27-17-13-23(7-4-2)14-18-27/h3,9-12,15-16,19-23,27H,1,4-8,13-14,17-18H2,2H3/b29-21+,30-22+. The van der Waals surface area contributed by atoms with Crippen molar-refractivity contribution < 1.29 is 0 Å². The zero-order valence-corrected chi connectivity index (χ0v) is 18.5. The van der Waals surface area contributed by atoms with Gasteiger partial charge in [0.1, 0.15) is 0 Å². The monoisotopic (exact) mass is 400 g/mol. The summed E-state index contributed by atoms with van der Waals surface area (Å²) < 4.78 is 0. The molecule has 0 spiro atoms. The van der Waals surface area contributed by atoms with E-state index in [4.69, 9.17) is 0 Å². The molecular weight excluding hydrogens is 364 g/mol. The third-order valence-corrected chi connectivity index (χ3v) is 6.29. The van der Waals surface area contributed by atoms with Crippen LogP contribution in [0.1, 0.15) is 86.5 Å². The van der Waals surface area contributed by atoms with Gasteiger partial charge in [-0.2, -0.15) is 10.2 Å². The van der Waals surface area contributed by atoms with Crippen molar-refractivity contribution in [2.45, 2.75) is 70.6 Å². The predicted octanol–water partition coefficient (Wildman–Crippen LogP) is 7.72. The molecule has 2 nitrogen and oxygen atoms in total. The molecule has 158 valence electrons. The lowest BCUT2D eigenvalue weighted by atomic mass is 9.77. The van der Waals surface area contributed by atoms with Crippen LogP contribution in [0.2, 0.25) is 0 Å². The van der Waals surface area contributed by atoms with E-state index in [9.17, 15) is 0 Å². The van der Waals surface area contributed by atoms with Gasteiger partial charge in [0, 0.05) is 0 Å². The van der Waals surface area contributed by atoms with Crippen molar-refractivity contribution in [2.24, 2.45) is 16.1 Å². The fourth-order valence-corrected chi connectivity index (χ4v) is 4.47. The topological polar surface area (TPSA) is 24.7 Å². The summed E-state index contributed by atoms with van der Waals surface area (Å²) in [7, 11) is 0. The van der Waals surface area contributed by atoms with E-state index in [0.29, 0.717) is 0 Å². The Balaban J connectivity index is 1.46. The largest absolute Gasteiger partial charge is 0.159 e. The molecule has 1 aliphatic carbocycles. The second-order valence-corrected chi connectivity index (χ2v) is 8.58. The first kappa shape index (κ1) is 22.2. The highest BCUT2D eigenvalue weighted by Gasteiger charge is 2.21. The van der Waals surface area contributed by atoms with Crippen LogP contribution in [-0.2, 0) is 6.42 Å². The van der Waals surface area contributed by atoms with Gasteiger partial charge < -0.3 is 0 Å². The van der Waals surface area contributed by atoms with Crippen LogP contribution >= 0.6 is 0 Å². The maximum absolute atomic E-state index is 4.23. The van der Waals surface area contributed by atoms with Crippen LogP contribution < -0.4 is 0 Å². The minimum absolute atomic E-state index is 0.738. The van der Waals surface area contributed by atoms with E-state index in [-0.39, 0.29) is 0 Å². The summed E-state index contributed by atoms with van der Waals surface area (Å²) in [5, 5.41) is 8.44. The smallest absolute Gasteiger partial charge is 0.0568 e. The SMILES string of the molecule is C=CCCCc1ccc(/C=N/N=C/c2ccc(C3CCC(CCC)CC3)cc2)cc1. The molecule has 2 aromatic rings. The Morgan fingerprint density at radius 2 is 1.47 bits per heavy atom. The molecule has 0 heterocycles. The zero-order chi connectivity index (χ0) is 21.0. The molecule has 0 N–H and O–H groups in total. The van der Waals surface area contributed by atoms with E-state index in [1.165, 1.54) is 49.7 Å². The van der Waals surface area contributed by atoms with E-state index in [1.54, 1.807) is 0 Å². The fourth-order valence-electron chi connectivity index (χ4n) is 4.47. The Morgan fingerprint density at radius 1 is 0.867 bits per heavy atom. The molecule has 0 saturated heterocycles. The second-order valence-electron chi connectivity index (χ2n) is 8.58. The highest BCUT2D eigenvalue weighted by molar-refractivity contribution is 5.82. The first-order valence-corrected chi connectivity index (χ1v) is 11.6. The molecule has 2 heteroatoms. The summed E-state index contributed by atoms with van der Waals surface area (Å²) in [6.45, 7) is 6.08. The zero-order valence-electron chi connectivity index (χ0n) is 18.5. The van der Waals surface area contributed by atoms with Crippen LogP contribution in [-0.4, -0.2) is 12.4 Å². The second kappa shape index (κ2) is 12.3. The van der Waals surface area contributed by atoms with Crippen molar-refractivity contribution in [3.8, 4) is 0 Å². The lowest BCUT2D eigenvalue weighted by Crippen LogP contribution is -2.13. The quantitative estimate of drug-likeness (QED) is 0.169. The number of aryl methyl sites for hydroxylation is 1. The molecule has 0 atom stereocenters. The molecule has 2 aromatic carbocycles. The molecule has 0 unspecified atom stereocenters. The molecule has 1 saturated carbocycles. The Hall–Kier alpha value is -2.48. The number of rotatable bonds is 10. The number of hydrogen-bond donors (Lipinski definition) is 0. The summed E-state index contributed by atoms with van der Waals surface area (Å²) in [6, 6.07) is 17.4. The van der Waals surface area contributed by atoms with Gasteiger partial charge in [-0.3, -0.25) is 0 Å². The lowest BCUT2D eigenvalue weighted by Gasteiger charge is -2.28. The summed E-state index contributed by atoms with van der Waals surface area (Å²) in [5.74, 6) is 1.70. The van der Waals surface area contributed by atoms with Gasteiger partial charge in [-0.05, 0) is 79.0 Å². The summed E-state index contributed by atoms with van der Waals surface area (Å²) >= 11 is 0. The number of allylic oxidation sites excluding steroid dienone is 1. The lowest BCUT2D eigenvalue weighted by molar-refractivity contribution is 0.308. The summed E-state index contributed by atoms with van der Waals surface area (Å²) in [4.78, 5) is 0. The Morgan fingerprint density at radius 3 is 2.03 bits per heavy atom. The summed E-state index contributed by atoms with van der Waals surface area (Å²) in [6.07, 6.45) is 17.1. The van der Waals surface area contributed by atoms with Crippen LogP contribution in [0.25, 0.3) is 0 Å². The third kappa shape index (κ3) is 7.09. The minimum atomic E-state index is 0.738. The Bertz CT molecular complexity index is 807. The van der Waals surface area contributed by atoms with Gasteiger partial charge >= 0.3 is 0 Å². The van der Waals surface area contributed by atoms with Crippen LogP contribution in [0.5, 0.6) is 0 Å². The highest BCUT2D eigenvalue weighted by atomic mass is 15.2. The molecule has 0 bridgehead atoms. The molecule has 0 radical (unpaired) electrons. The van der Waals surface area contributed by atoms with Gasteiger partial charge in [-0.1, -0.05) is 74.4 Å². The number of benzene rings is 2. The minimum Gasteiger partial charge on any atom is -0.159 e. The normalized spacial score (nSPS) is 19.5. The molecule has 0 aliphatic heterocycles. The van der Waals surface area contributed by atoms with Gasteiger partial charge in [-0.15, -0.1) is 6.58 Å². The molecule has 3 rings (SSSR count). The van der Waals surface area contributed by atoms with E-state index in [1.807, 2.05) is 18.5 Å². The van der Waals surface area contributed by atoms with Gasteiger partial charge in [0.2, 0.25) is 0 Å². The molecular formula is C28H36N2. The molecule has 1 fully saturated rings. The van der Waals surface area contributed by atoms with Gasteiger partial charge in [0.25, 0.3) is 0 Å². The predicted molar refractivity (Wildman–Crippen MR) is 131 cm³/mol. The van der Waals surface area contributed by atoms with Crippen molar-refractivity contribution in [3.05, 3.63) is 83.4 Å². The molecule has 30 heavy (non-hydrogen) atoms. The van der Waals surface area contributed by atoms with Gasteiger partial charge in [0.15, 0.2) is 0 Å². The Labute approximate surface area is 182 Å². The maximum atomic E-state index is 4.23. The number of hydrogen-bond acceptors (Lipinski definition) is 2. The van der Waals surface area contributed by atoms with Gasteiger partial charge in [-0.25, -0.2) is 0 Å². The van der Waals surface area contributed by atoms with Crippen molar-refractivity contribution in [1.29, 1.82) is 0 Å². The van der Waals surface area contributed by atoms with Crippen LogP contribution in [0, 0.1) is 5.92 Å². The van der Waals surface area contributed by atoms with E-state index >= 15 is 0 Å². The van der Waals surface area contributed by atoms with Crippen molar-refractivity contribution >= 4 is 12.4 Å². The van der Waals surface area contributed by atoms with Crippen molar-refractivity contribution in [1.82, 2.24) is 0 Å². The molecule has 0 amide bonds. The average Bonchev–Trinajstić information content (AvgIpc) is 2.79. The van der Waals surface area contributed by atoms with Crippen LogP contribution in [0.3, 0.4) is 0 Å². The van der Waals surface area contributed by atoms with E-state index in [0.717, 1.165) is 42.2 Å². The number of nitrogens with zero attached hydrogens (tertiary/aromatic N) is 2. The van der Waals surface area contributed by atoms with E-state index in [2.05, 4.69) is 72.2 Å². The molecule has 1 aliphatic rings. The summed E-state index contributed by atoms with van der Waals surface area (Å²) in [5.41, 5.74) is 5.03. The highest BCUT2D eigenvalue weighted by Crippen LogP contribution is 2.37. The Kier molecular flexibility index (Phi) is 9.08. The average molecular weight is 401 g/mol. The first-order valence-electron chi connectivity index (χ1n) is 11.6. The van der Waals surface area contributed by atoms with Crippen LogP contribution in [0.4, 0.5) is 0 Å². The van der Waals surface area contributed by atoms with Crippen molar-refractivity contribution in [2.75, 3.05) is 0 Å². The number of unbranched alkanes of at least 4 members (excludes halogenated alkanes) is 1. The van der Waals surface area contributed by atoms with Crippen LogP contribution in [0.15, 0.2) is 71.4 Å². The fraction of sp³-hybridized carbons (Fsp3) is 0.429. The maximum Gasteiger partial charge on any atom is 0.0568 e. The third-order valence-electron chi connectivity index (χ3n) is 6.29. The first-order chi connectivity index (χ1) is 14.8. The van der Waals surface area contributed by atoms with E-state index < -0.39 is 0 Å².